The number of nitrogens with one attached hydrogen (secondary N) is 2. The molecule has 10 nitrogen and oxygen atoms in total. The molecule has 3 N–H and O–H groups in total. The molecule has 1 atom stereocenters. The number of halogens is 1. The molecule has 1 unspecified atom stereocenters. The summed E-state index contributed by atoms with van der Waals surface area (Å²) in [5.41, 5.74) is 1.24. The van der Waals surface area contributed by atoms with Gasteiger partial charge in [-0.15, -0.1) is 0 Å². The number of pyridine rings is 1. The minimum Gasteiger partial charge on any atom is -0.477 e. The molecule has 11 heteroatoms. The SMILES string of the molecule is CCOc1nc(N2CCNCC(O)C2)ncc1C(=O)Nc1cc(F)c2nc(C)cn2c1. The summed E-state index contributed by atoms with van der Waals surface area (Å²) in [7, 11) is 0. The second-order valence-corrected chi connectivity index (χ2v) is 7.27. The van der Waals surface area contributed by atoms with Crippen LogP contribution >= 0.6 is 0 Å². The normalized spacial score (nSPS) is 16.9. The zero-order valence-electron chi connectivity index (χ0n) is 17.3. The summed E-state index contributed by atoms with van der Waals surface area (Å²) in [6, 6.07) is 1.21. The molecule has 0 aliphatic carbocycles. The van der Waals surface area contributed by atoms with Crippen molar-refractivity contribution in [3.8, 4) is 5.88 Å². The molecule has 164 valence electrons. The topological polar surface area (TPSA) is 117 Å². The Labute approximate surface area is 178 Å². The van der Waals surface area contributed by atoms with Crippen LogP contribution in [0.15, 0.2) is 24.7 Å². The zero-order chi connectivity index (χ0) is 22.0. The number of imidazole rings is 1. The first kappa shape index (κ1) is 20.9. The van der Waals surface area contributed by atoms with Crippen molar-refractivity contribution in [1.29, 1.82) is 0 Å². The van der Waals surface area contributed by atoms with Gasteiger partial charge in [0.1, 0.15) is 5.56 Å². The van der Waals surface area contributed by atoms with Crippen LogP contribution in [0.5, 0.6) is 5.88 Å². The van der Waals surface area contributed by atoms with E-state index >= 15 is 0 Å². The molecule has 0 spiro atoms. The number of amides is 1. The number of hydrogen-bond donors (Lipinski definition) is 3. The fourth-order valence-corrected chi connectivity index (χ4v) is 3.43. The van der Waals surface area contributed by atoms with Crippen LogP contribution in [0.25, 0.3) is 5.65 Å². The lowest BCUT2D eigenvalue weighted by Crippen LogP contribution is -2.34. The molecule has 0 saturated carbocycles. The molecule has 4 heterocycles. The molecule has 3 aromatic heterocycles. The largest absolute Gasteiger partial charge is 0.477 e. The van der Waals surface area contributed by atoms with Gasteiger partial charge in [0.2, 0.25) is 11.8 Å². The van der Waals surface area contributed by atoms with Crippen LogP contribution in [0.1, 0.15) is 23.0 Å². The molecular weight excluding hydrogens is 405 g/mol. The maximum absolute atomic E-state index is 14.3. The van der Waals surface area contributed by atoms with Crippen LogP contribution < -0.4 is 20.3 Å². The van der Waals surface area contributed by atoms with Crippen LogP contribution in [0.4, 0.5) is 16.0 Å². The maximum atomic E-state index is 14.3. The van der Waals surface area contributed by atoms with Crippen molar-refractivity contribution in [1.82, 2.24) is 24.7 Å². The van der Waals surface area contributed by atoms with Crippen molar-refractivity contribution in [2.24, 2.45) is 0 Å². The van der Waals surface area contributed by atoms with Gasteiger partial charge in [0, 0.05) is 50.8 Å². The Morgan fingerprint density at radius 1 is 1.42 bits per heavy atom. The third-order valence-electron chi connectivity index (χ3n) is 4.80. The first-order valence-corrected chi connectivity index (χ1v) is 10.0. The van der Waals surface area contributed by atoms with Gasteiger partial charge in [0.15, 0.2) is 11.5 Å². The molecule has 0 bridgehead atoms. The van der Waals surface area contributed by atoms with Crippen molar-refractivity contribution in [2.45, 2.75) is 20.0 Å². The maximum Gasteiger partial charge on any atom is 0.262 e. The standard InChI is InChI=1S/C20H24FN7O3/c1-3-31-19-15(8-23-20(26-19)27-5-4-22-7-14(29)11-27)18(30)25-13-6-16(21)17-24-12(2)9-28(17)10-13/h6,8-10,14,22,29H,3-5,7,11H2,1-2H3,(H,25,30). The average molecular weight is 429 g/mol. The molecule has 0 radical (unpaired) electrons. The van der Waals surface area contributed by atoms with Gasteiger partial charge in [0.25, 0.3) is 5.91 Å². The van der Waals surface area contributed by atoms with Crippen LogP contribution in [-0.2, 0) is 0 Å². The third-order valence-corrected chi connectivity index (χ3v) is 4.80. The highest BCUT2D eigenvalue weighted by Gasteiger charge is 2.22. The number of aliphatic hydroxyl groups is 1. The first-order chi connectivity index (χ1) is 14.9. The van der Waals surface area contributed by atoms with E-state index in [1.165, 1.54) is 16.7 Å². The number of aryl methyl sites for hydroxylation is 1. The van der Waals surface area contributed by atoms with E-state index in [4.69, 9.17) is 4.74 Å². The summed E-state index contributed by atoms with van der Waals surface area (Å²) < 4.78 is 21.4. The molecule has 1 saturated heterocycles. The lowest BCUT2D eigenvalue weighted by Gasteiger charge is -2.22. The molecule has 3 aromatic rings. The monoisotopic (exact) mass is 429 g/mol. The number of aromatic nitrogens is 4. The number of ether oxygens (including phenoxy) is 1. The predicted octanol–water partition coefficient (Wildman–Crippen LogP) is 0.993. The molecule has 1 fully saturated rings. The molecular formula is C20H24FN7O3. The van der Waals surface area contributed by atoms with Crippen molar-refractivity contribution >= 4 is 23.2 Å². The van der Waals surface area contributed by atoms with Gasteiger partial charge in [-0.25, -0.2) is 14.4 Å². The highest BCUT2D eigenvalue weighted by Crippen LogP contribution is 2.22. The van der Waals surface area contributed by atoms with E-state index in [1.54, 1.807) is 26.2 Å². The summed E-state index contributed by atoms with van der Waals surface area (Å²) >= 11 is 0. The summed E-state index contributed by atoms with van der Waals surface area (Å²) in [5.74, 6) is -0.583. The van der Waals surface area contributed by atoms with E-state index in [9.17, 15) is 14.3 Å². The Balaban J connectivity index is 1.59. The van der Waals surface area contributed by atoms with E-state index in [2.05, 4.69) is 25.6 Å². The Bertz CT molecular complexity index is 1100. The molecule has 1 aliphatic heterocycles. The van der Waals surface area contributed by atoms with E-state index in [1.807, 2.05) is 4.90 Å². The van der Waals surface area contributed by atoms with Crippen molar-refractivity contribution in [3.63, 3.8) is 0 Å². The van der Waals surface area contributed by atoms with Crippen LogP contribution in [0, 0.1) is 12.7 Å². The minimum absolute atomic E-state index is 0.122. The number of carbonyl (C=O) groups is 1. The Morgan fingerprint density at radius 2 is 2.26 bits per heavy atom. The average Bonchev–Trinajstić information content (AvgIpc) is 2.97. The smallest absolute Gasteiger partial charge is 0.262 e. The highest BCUT2D eigenvalue weighted by atomic mass is 19.1. The van der Waals surface area contributed by atoms with Gasteiger partial charge in [-0.1, -0.05) is 0 Å². The van der Waals surface area contributed by atoms with Crippen LogP contribution in [-0.4, -0.2) is 69.3 Å². The van der Waals surface area contributed by atoms with E-state index < -0.39 is 17.8 Å². The summed E-state index contributed by atoms with van der Waals surface area (Å²) in [4.78, 5) is 27.5. The Hall–Kier alpha value is -3.31. The number of aliphatic hydroxyl groups excluding tert-OH is 1. The van der Waals surface area contributed by atoms with E-state index in [0.29, 0.717) is 44.4 Å². The summed E-state index contributed by atoms with van der Waals surface area (Å²) in [5, 5.41) is 15.8. The predicted molar refractivity (Wildman–Crippen MR) is 112 cm³/mol. The molecule has 0 aromatic carbocycles. The lowest BCUT2D eigenvalue weighted by atomic mass is 10.3. The fourth-order valence-electron chi connectivity index (χ4n) is 3.43. The molecule has 1 amide bonds. The number of rotatable bonds is 5. The van der Waals surface area contributed by atoms with Crippen molar-refractivity contribution < 1.29 is 19.0 Å². The van der Waals surface area contributed by atoms with E-state index in [-0.39, 0.29) is 22.8 Å². The Kier molecular flexibility index (Phi) is 5.96. The quantitative estimate of drug-likeness (QED) is 0.550. The fraction of sp³-hybridized carbons (Fsp3) is 0.400. The number of anilines is 2. The Morgan fingerprint density at radius 3 is 3.06 bits per heavy atom. The number of hydrogen-bond acceptors (Lipinski definition) is 8. The minimum atomic E-state index is -0.554. The number of fused-ring (bicyclic) bond motifs is 1. The van der Waals surface area contributed by atoms with Gasteiger partial charge in [-0.3, -0.25) is 4.79 Å². The van der Waals surface area contributed by atoms with Crippen LogP contribution in [0.3, 0.4) is 0 Å². The van der Waals surface area contributed by atoms with Gasteiger partial charge < -0.3 is 29.8 Å². The summed E-state index contributed by atoms with van der Waals surface area (Å²) in [6.07, 6.45) is 4.07. The third kappa shape index (κ3) is 4.57. The van der Waals surface area contributed by atoms with Gasteiger partial charge in [-0.05, 0) is 13.8 Å². The van der Waals surface area contributed by atoms with Crippen LogP contribution in [0.2, 0.25) is 0 Å². The van der Waals surface area contributed by atoms with Gasteiger partial charge >= 0.3 is 0 Å². The first-order valence-electron chi connectivity index (χ1n) is 10.0. The summed E-state index contributed by atoms with van der Waals surface area (Å²) in [6.45, 7) is 5.99. The molecule has 1 aliphatic rings. The second kappa shape index (κ2) is 8.82. The molecule has 31 heavy (non-hydrogen) atoms. The van der Waals surface area contributed by atoms with Crippen molar-refractivity contribution in [2.75, 3.05) is 43.0 Å². The number of β-amino-alcohol motifs (C(OH)–C–C–N with tert-alkyl or cyclic N) is 1. The number of nitrogens with zero attached hydrogens (tertiary/aromatic N) is 5. The van der Waals surface area contributed by atoms with Gasteiger partial charge in [0.05, 0.1) is 24.1 Å². The highest BCUT2D eigenvalue weighted by molar-refractivity contribution is 6.05. The molecule has 4 rings (SSSR count). The number of carbonyl (C=O) groups excluding carboxylic acids is 1. The van der Waals surface area contributed by atoms with Crippen molar-refractivity contribution in [3.05, 3.63) is 41.7 Å². The van der Waals surface area contributed by atoms with Gasteiger partial charge in [-0.2, -0.15) is 4.98 Å². The second-order valence-electron chi connectivity index (χ2n) is 7.27. The zero-order valence-corrected chi connectivity index (χ0v) is 17.3. The van der Waals surface area contributed by atoms with E-state index in [0.717, 1.165) is 0 Å². The lowest BCUT2D eigenvalue weighted by molar-refractivity contribution is 0.102.